The van der Waals surface area contributed by atoms with Crippen LogP contribution in [0.25, 0.3) is 0 Å². The number of carbonyl (C=O) groups excluding carboxylic acids is 1. The number of rotatable bonds is 7. The van der Waals surface area contributed by atoms with Crippen molar-refractivity contribution in [2.45, 2.75) is 57.5 Å². The van der Waals surface area contributed by atoms with Crippen LogP contribution in [-0.4, -0.2) is 37.6 Å². The van der Waals surface area contributed by atoms with Gasteiger partial charge in [-0.3, -0.25) is 4.79 Å². The topological polar surface area (TPSA) is 29.5 Å². The zero-order valence-corrected chi connectivity index (χ0v) is 15.6. The van der Waals surface area contributed by atoms with Crippen molar-refractivity contribution in [3.8, 4) is 0 Å². The van der Waals surface area contributed by atoms with Gasteiger partial charge in [-0.2, -0.15) is 13.2 Å². The molecule has 0 atom stereocenters. The minimum Gasteiger partial charge on any atom is -0.466 e. The first-order valence-corrected chi connectivity index (χ1v) is 9.35. The first kappa shape index (κ1) is 20.7. The minimum atomic E-state index is -4.33. The Labute approximate surface area is 153 Å². The fourth-order valence-corrected chi connectivity index (χ4v) is 3.53. The predicted molar refractivity (Wildman–Crippen MR) is 95.1 cm³/mol. The molecule has 6 heteroatoms. The predicted octanol–water partition coefficient (Wildman–Crippen LogP) is 4.79. The fraction of sp³-hybridized carbons (Fsp3) is 0.650. The lowest BCUT2D eigenvalue weighted by Gasteiger charge is -2.30. The summed E-state index contributed by atoms with van der Waals surface area (Å²) in [5.74, 6) is 0.0700. The van der Waals surface area contributed by atoms with Crippen molar-refractivity contribution in [2.24, 2.45) is 0 Å². The summed E-state index contributed by atoms with van der Waals surface area (Å²) in [6, 6.07) is 4.17. The van der Waals surface area contributed by atoms with Crippen LogP contribution in [-0.2, 0) is 22.1 Å². The SMILES string of the molecule is CCOC(=O)CCCCc1cc(C(F)(F)F)ccc1C1CCN(C)CC1. The highest BCUT2D eigenvalue weighted by atomic mass is 19.4. The van der Waals surface area contributed by atoms with Gasteiger partial charge >= 0.3 is 12.1 Å². The van der Waals surface area contributed by atoms with E-state index in [0.29, 0.717) is 38.2 Å². The number of unbranched alkanes of at least 4 members (excludes halogenated alkanes) is 1. The highest BCUT2D eigenvalue weighted by molar-refractivity contribution is 5.69. The molecule has 1 fully saturated rings. The molecular formula is C20H28F3NO2. The van der Waals surface area contributed by atoms with Crippen molar-refractivity contribution >= 4 is 5.97 Å². The smallest absolute Gasteiger partial charge is 0.416 e. The van der Waals surface area contributed by atoms with Crippen molar-refractivity contribution in [3.05, 3.63) is 34.9 Å². The Morgan fingerprint density at radius 2 is 1.92 bits per heavy atom. The number of likely N-dealkylation sites (tertiary alicyclic amines) is 1. The molecule has 1 aliphatic heterocycles. The molecule has 0 saturated carbocycles. The van der Waals surface area contributed by atoms with Crippen molar-refractivity contribution < 1.29 is 22.7 Å². The zero-order valence-electron chi connectivity index (χ0n) is 15.6. The Balaban J connectivity index is 2.08. The van der Waals surface area contributed by atoms with Gasteiger partial charge in [0.2, 0.25) is 0 Å². The monoisotopic (exact) mass is 371 g/mol. The standard InChI is InChI=1S/C20H28F3NO2/c1-3-26-19(25)7-5-4-6-16-14-17(20(21,22)23)8-9-18(16)15-10-12-24(2)13-11-15/h8-9,14-15H,3-7,10-13H2,1-2H3. The minimum absolute atomic E-state index is 0.243. The number of piperidine rings is 1. The third-order valence-corrected chi connectivity index (χ3v) is 5.01. The molecule has 0 amide bonds. The molecule has 1 aromatic rings. The van der Waals surface area contributed by atoms with Crippen molar-refractivity contribution in [1.82, 2.24) is 4.90 Å². The van der Waals surface area contributed by atoms with Crippen LogP contribution < -0.4 is 0 Å². The molecule has 0 unspecified atom stereocenters. The highest BCUT2D eigenvalue weighted by Crippen LogP contribution is 2.35. The van der Waals surface area contributed by atoms with Crippen molar-refractivity contribution in [3.63, 3.8) is 0 Å². The summed E-state index contributed by atoms with van der Waals surface area (Å²) in [6.45, 7) is 4.04. The van der Waals surface area contributed by atoms with Gasteiger partial charge in [-0.1, -0.05) is 6.07 Å². The molecule has 0 aliphatic carbocycles. The van der Waals surface area contributed by atoms with E-state index in [-0.39, 0.29) is 5.97 Å². The van der Waals surface area contributed by atoms with Crippen LogP contribution in [0.3, 0.4) is 0 Å². The first-order chi connectivity index (χ1) is 12.3. The molecule has 2 rings (SSSR count). The van der Waals surface area contributed by atoms with E-state index in [2.05, 4.69) is 11.9 Å². The lowest BCUT2D eigenvalue weighted by atomic mass is 9.84. The van der Waals surface area contributed by atoms with E-state index in [1.807, 2.05) is 0 Å². The molecular weight excluding hydrogens is 343 g/mol. The normalized spacial score (nSPS) is 16.7. The quantitative estimate of drug-likeness (QED) is 0.510. The van der Waals surface area contributed by atoms with E-state index in [9.17, 15) is 18.0 Å². The van der Waals surface area contributed by atoms with Crippen molar-refractivity contribution in [1.29, 1.82) is 0 Å². The molecule has 0 bridgehead atoms. The van der Waals surface area contributed by atoms with Gasteiger partial charge in [-0.05, 0) is 88.3 Å². The van der Waals surface area contributed by atoms with Crippen molar-refractivity contribution in [2.75, 3.05) is 26.7 Å². The summed E-state index contributed by atoms with van der Waals surface area (Å²) in [7, 11) is 2.07. The zero-order chi connectivity index (χ0) is 19.2. The van der Waals surface area contributed by atoms with Gasteiger partial charge in [0.05, 0.1) is 12.2 Å². The molecule has 0 spiro atoms. The van der Waals surface area contributed by atoms with Gasteiger partial charge in [0, 0.05) is 6.42 Å². The van der Waals surface area contributed by atoms with Crippen LogP contribution in [0.5, 0.6) is 0 Å². The maximum atomic E-state index is 13.1. The number of hydrogen-bond acceptors (Lipinski definition) is 3. The third kappa shape index (κ3) is 6.01. The molecule has 1 aromatic carbocycles. The lowest BCUT2D eigenvalue weighted by Crippen LogP contribution is -2.29. The Morgan fingerprint density at radius 3 is 2.54 bits per heavy atom. The summed E-state index contributed by atoms with van der Waals surface area (Å²) in [6.07, 6.45) is -0.205. The Morgan fingerprint density at radius 1 is 1.23 bits per heavy atom. The molecule has 1 aliphatic rings. The summed E-state index contributed by atoms with van der Waals surface area (Å²) < 4.78 is 44.2. The fourth-order valence-electron chi connectivity index (χ4n) is 3.53. The number of carbonyl (C=O) groups is 1. The van der Waals surface area contributed by atoms with E-state index in [0.717, 1.165) is 37.1 Å². The maximum Gasteiger partial charge on any atom is 0.416 e. The number of aryl methyl sites for hydroxylation is 1. The highest BCUT2D eigenvalue weighted by Gasteiger charge is 2.31. The molecule has 1 saturated heterocycles. The number of halogens is 3. The van der Waals surface area contributed by atoms with E-state index in [4.69, 9.17) is 4.74 Å². The third-order valence-electron chi connectivity index (χ3n) is 5.01. The van der Waals surface area contributed by atoms with Gasteiger partial charge in [-0.25, -0.2) is 0 Å². The lowest BCUT2D eigenvalue weighted by molar-refractivity contribution is -0.143. The molecule has 26 heavy (non-hydrogen) atoms. The number of nitrogens with zero attached hydrogens (tertiary/aromatic N) is 1. The first-order valence-electron chi connectivity index (χ1n) is 9.35. The average Bonchev–Trinajstić information content (AvgIpc) is 2.59. The number of benzene rings is 1. The van der Waals surface area contributed by atoms with Gasteiger partial charge in [0.1, 0.15) is 0 Å². The van der Waals surface area contributed by atoms with Crippen LogP contribution in [0.1, 0.15) is 61.6 Å². The second-order valence-electron chi connectivity index (χ2n) is 7.00. The number of esters is 1. The molecule has 0 aromatic heterocycles. The summed E-state index contributed by atoms with van der Waals surface area (Å²) in [5.41, 5.74) is 1.23. The van der Waals surface area contributed by atoms with Crippen LogP contribution in [0.4, 0.5) is 13.2 Å². The Hall–Kier alpha value is -1.56. The maximum absolute atomic E-state index is 13.1. The average molecular weight is 371 g/mol. The van der Waals surface area contributed by atoms with Crippen LogP contribution in [0.2, 0.25) is 0 Å². The second kappa shape index (κ2) is 9.40. The summed E-state index contributed by atoms with van der Waals surface area (Å²) >= 11 is 0. The van der Waals surface area contributed by atoms with Gasteiger partial charge in [0.25, 0.3) is 0 Å². The van der Waals surface area contributed by atoms with E-state index in [1.54, 1.807) is 13.0 Å². The molecule has 1 heterocycles. The second-order valence-corrected chi connectivity index (χ2v) is 7.00. The Kier molecular flexibility index (Phi) is 7.50. The number of ether oxygens (including phenoxy) is 1. The van der Waals surface area contributed by atoms with Crippen LogP contribution >= 0.6 is 0 Å². The molecule has 3 nitrogen and oxygen atoms in total. The van der Waals surface area contributed by atoms with Gasteiger partial charge < -0.3 is 9.64 Å². The molecule has 0 N–H and O–H groups in total. The summed E-state index contributed by atoms with van der Waals surface area (Å²) in [5, 5.41) is 0. The van der Waals surface area contributed by atoms with E-state index < -0.39 is 11.7 Å². The largest absolute Gasteiger partial charge is 0.466 e. The van der Waals surface area contributed by atoms with Crippen LogP contribution in [0, 0.1) is 0 Å². The van der Waals surface area contributed by atoms with Gasteiger partial charge in [0.15, 0.2) is 0 Å². The Bertz CT molecular complexity index is 593. The molecule has 146 valence electrons. The van der Waals surface area contributed by atoms with E-state index in [1.165, 1.54) is 12.1 Å². The van der Waals surface area contributed by atoms with Crippen LogP contribution in [0.15, 0.2) is 18.2 Å². The number of hydrogen-bond donors (Lipinski definition) is 0. The number of alkyl halides is 3. The molecule has 0 radical (unpaired) electrons. The van der Waals surface area contributed by atoms with Gasteiger partial charge in [-0.15, -0.1) is 0 Å². The summed E-state index contributed by atoms with van der Waals surface area (Å²) in [4.78, 5) is 13.7. The van der Waals surface area contributed by atoms with E-state index >= 15 is 0 Å².